The molecule has 28 atom stereocenters. The quantitative estimate of drug-likeness (QED) is 0.0244. The highest BCUT2D eigenvalue weighted by Crippen LogP contribution is 2.26. The number of aliphatic hydroxyl groups excluding tert-OH is 4. The predicted octanol–water partition coefficient (Wildman–Crippen LogP) is -12.6. The predicted molar refractivity (Wildman–Crippen MR) is 524 cm³/mol. The Balaban J connectivity index is 2.13. The normalized spacial score (nSPS) is 28.0. The van der Waals surface area contributed by atoms with Crippen LogP contribution in [0.25, 0.3) is 0 Å². The molecule has 0 aromatic heterocycles. The first-order chi connectivity index (χ1) is 68.9. The van der Waals surface area contributed by atoms with Crippen LogP contribution in [0.5, 0.6) is 0 Å². The van der Waals surface area contributed by atoms with Crippen molar-refractivity contribution in [3.63, 3.8) is 0 Å². The largest absolute Gasteiger partial charge is 0.481 e. The summed E-state index contributed by atoms with van der Waals surface area (Å²) >= 11 is 1.50. The smallest absolute Gasteiger partial charge is 0.335 e. The number of nitrogens with zero attached hydrogens (tertiary/aromatic N) is 1. The van der Waals surface area contributed by atoms with E-state index >= 15 is 38.4 Å². The average molecular weight is 2140 g/mol. The van der Waals surface area contributed by atoms with E-state index < -0.39 is 371 Å². The Morgan fingerprint density at radius 3 is 1.51 bits per heavy atom. The molecule has 0 radical (unpaired) electrons. The van der Waals surface area contributed by atoms with Crippen LogP contribution in [-0.2, 0) is 120 Å². The van der Waals surface area contributed by atoms with Gasteiger partial charge in [0.2, 0.25) is 124 Å². The van der Waals surface area contributed by atoms with Gasteiger partial charge >= 0.3 is 17.9 Å². The molecular formula is C88H142N24O32S3. The molecule has 4 heterocycles. The fourth-order valence-electron chi connectivity index (χ4n) is 14.7. The number of hydrogen-bond donors (Lipinski definition) is 30. The van der Waals surface area contributed by atoms with Gasteiger partial charge in [0.15, 0.2) is 6.10 Å². The minimum absolute atomic E-state index is 0.0105. The van der Waals surface area contributed by atoms with E-state index in [0.29, 0.717) is 41.7 Å². The summed E-state index contributed by atoms with van der Waals surface area (Å²) in [6, 6.07) is -38.1. The highest BCUT2D eigenvalue weighted by atomic mass is 32.2. The van der Waals surface area contributed by atoms with Gasteiger partial charge in [-0.1, -0.05) is 88.2 Å². The topological polar surface area (TPSA) is 876 Å². The van der Waals surface area contributed by atoms with E-state index in [1.807, 2.05) is 10.6 Å². The number of fused-ring (bicyclic) bond motifs is 9. The second-order valence-electron chi connectivity index (χ2n) is 36.2. The Morgan fingerprint density at radius 1 is 0.469 bits per heavy atom. The van der Waals surface area contributed by atoms with Crippen molar-refractivity contribution in [3.05, 3.63) is 12.3 Å². The van der Waals surface area contributed by atoms with Gasteiger partial charge in [0.05, 0.1) is 44.1 Å². The number of thioether (sulfide) groups is 3. The molecule has 32 N–H and O–H groups in total. The molecule has 147 heavy (non-hydrogen) atoms. The van der Waals surface area contributed by atoms with Crippen molar-refractivity contribution in [3.8, 4) is 0 Å². The number of hydrogen-bond acceptors (Lipinski definition) is 34. The second-order valence-corrected chi connectivity index (χ2v) is 40.4. The van der Waals surface area contributed by atoms with E-state index in [1.54, 1.807) is 34.6 Å². The number of rotatable bonds is 29. The number of carboxylic acid groups (broad SMARTS) is 3. The number of aliphatic hydroxyl groups is 4. The molecule has 824 valence electrons. The van der Waals surface area contributed by atoms with Gasteiger partial charge in [-0.25, -0.2) is 9.59 Å². The monoisotopic (exact) mass is 2140 g/mol. The van der Waals surface area contributed by atoms with Crippen LogP contribution in [-0.4, -0.2) is 394 Å². The lowest BCUT2D eigenvalue weighted by Gasteiger charge is -2.33. The Hall–Kier alpha value is -12.7. The Kier molecular flexibility index (Phi) is 52.7. The second kappa shape index (κ2) is 61.2. The number of aliphatic carboxylic acids is 3. The Labute approximate surface area is 859 Å². The van der Waals surface area contributed by atoms with Gasteiger partial charge in [0, 0.05) is 46.0 Å². The molecule has 0 unspecified atom stereocenters. The summed E-state index contributed by atoms with van der Waals surface area (Å²) in [5, 5.41) is 118. The Morgan fingerprint density at radius 2 is 0.966 bits per heavy atom. The van der Waals surface area contributed by atoms with Gasteiger partial charge in [-0.05, 0) is 97.4 Å². The van der Waals surface area contributed by atoms with Crippen molar-refractivity contribution in [1.82, 2.24) is 117 Å². The zero-order chi connectivity index (χ0) is 111. The highest BCUT2D eigenvalue weighted by Gasteiger charge is 2.46. The summed E-state index contributed by atoms with van der Waals surface area (Å²) in [5.41, 5.74) is 10.8. The van der Waals surface area contributed by atoms with E-state index in [2.05, 4.69) is 108 Å². The summed E-state index contributed by atoms with van der Waals surface area (Å²) in [7, 11) is 0. The van der Waals surface area contributed by atoms with Gasteiger partial charge < -0.3 is 164 Å². The highest BCUT2D eigenvalue weighted by molar-refractivity contribution is 8.00. The first kappa shape index (κ1) is 127. The first-order valence-electron chi connectivity index (χ1n) is 47.8. The first-order valence-corrected chi connectivity index (χ1v) is 50.9. The third-order valence-electron chi connectivity index (χ3n) is 24.7. The lowest BCUT2D eigenvalue weighted by atomic mass is 9.97. The summed E-state index contributed by atoms with van der Waals surface area (Å²) in [6.45, 7) is 17.4. The zero-order valence-corrected chi connectivity index (χ0v) is 86.4. The van der Waals surface area contributed by atoms with E-state index in [4.69, 9.17) is 11.5 Å². The van der Waals surface area contributed by atoms with Gasteiger partial charge in [-0.2, -0.15) is 35.3 Å². The lowest BCUT2D eigenvalue weighted by Crippen LogP contribution is -2.64. The van der Waals surface area contributed by atoms with Gasteiger partial charge in [0.25, 0.3) is 5.91 Å². The third-order valence-corrected chi connectivity index (χ3v) is 28.7. The molecule has 0 aromatic carbocycles. The molecule has 56 nitrogen and oxygen atoms in total. The molecule has 0 spiro atoms. The van der Waals surface area contributed by atoms with Crippen molar-refractivity contribution in [2.75, 3.05) is 56.7 Å². The van der Waals surface area contributed by atoms with E-state index in [0.717, 1.165) is 39.5 Å². The molecule has 22 amide bonds. The summed E-state index contributed by atoms with van der Waals surface area (Å²) < 4.78 is 0. The van der Waals surface area contributed by atoms with Crippen LogP contribution in [0.1, 0.15) is 161 Å². The SMILES string of the molecule is C=C1NC(=O)[C@@H]2CS[C@@H](C)[C@@H](NC(=O)[C@H]([C@@H](C)CC)NC(=O)[C@@H]3CCCN3C(=O)CNC(=O)[C@H](CO)NC1=O)C(=O)N[C@@H](C)C(=O)N[C@@H]([C@@H](C)CC)C(=O)N[C@H]1CS[C@@H](C)[C@@H](NC(=O)[C@H](CO)NC(=O)[C@H](C)NC(=O)[C@@H](NC(=O)[C@H](CCC(=O)O)NC(=O)[C@H](C)NC(=O)[C@H](C)NC(=O)[C@@H](N)[C@@H](C)CC)CS[C@@H](C)[C@H](C(=O)N[C@@H](CCCCN)C(=O)O)NC(=O)[C@H]([C@@H](C)O)NC(=O)CNC(=O)[C@H]([C@@H](O)C(=O)O)NC1=O)C(=O)N2. The summed E-state index contributed by atoms with van der Waals surface area (Å²) in [6.07, 6.45) is -5.80. The van der Waals surface area contributed by atoms with Gasteiger partial charge in [-0.3, -0.25) is 110 Å². The number of carboxylic acids is 3. The number of carbonyl (C=O) groups excluding carboxylic acids is 22. The molecule has 4 bridgehead atoms. The number of amides is 22. The standard InChI is InChI=1S/C88H142N24O32S3/c1-16-35(4)58(90)79(133)96-38(7)67(121)93-39(8)68(122)98-47(24-25-57(118)119)73(127)102-51-32-145-46(15)64(85(139)99-48(87(141)142)22-19-20-26-89)110-83(137)61(43(12)115)105-55(116)28-91-80(134)65(66(120)88(143)144)111-77(131)53-34-147-45(14)63(108-74(128)50(31-114)101-70(124)41(10)94-75(51)129)86(140)104-52-33-146-44(13)62(84(138)97-42(11)71(125)106-59(36(5)17-2)81(135)103-53)109-82(136)60(37(6)18-3)107-78(132)54-23-21-27-112(54)56(117)29-92-72(126)49(30-113)100-69(123)40(9)95-76(52)130/h35-39,41-54,58-66,113-115,120H,9,16-34,89-90H2,1-8,10-15H3,(H,91,134)(H,92,126)(H,93,121)(H,94,129)(H,95,130)(H,96,133)(H,97,138)(H,98,122)(H,99,139)(H,100,123)(H,101,124)(H,102,127)(H,103,135)(H,104,140)(H,105,116)(H,106,125)(H,107,132)(H,108,128)(H,109,136)(H,110,137)(H,111,131)(H,118,119)(H,141,142)(H,143,144)/t35-,36-,37-,38-,39-,41-,42-,43+,44-,45-,46-,47-,48-,49-,50-,51-,52-,53-,54-,58-,59-,60-,61-,62+,63+,64+,65-,66+/m0/s1. The maximum absolute atomic E-state index is 15.8. The maximum Gasteiger partial charge on any atom is 0.335 e. The molecule has 4 aliphatic rings. The fourth-order valence-corrected chi connectivity index (χ4v) is 18.0. The Bertz CT molecular complexity index is 4780. The van der Waals surface area contributed by atoms with Crippen molar-refractivity contribution in [1.29, 1.82) is 0 Å². The van der Waals surface area contributed by atoms with Gasteiger partial charge in [0.1, 0.15) is 115 Å². The van der Waals surface area contributed by atoms with Crippen LogP contribution in [0.15, 0.2) is 12.3 Å². The minimum atomic E-state index is -3.03. The maximum atomic E-state index is 15.8. The molecule has 4 fully saturated rings. The molecular weight excluding hydrogens is 2000 g/mol. The van der Waals surface area contributed by atoms with Crippen LogP contribution in [0.2, 0.25) is 0 Å². The average Bonchev–Trinajstić information content (AvgIpc) is 1.79. The van der Waals surface area contributed by atoms with Crippen molar-refractivity contribution in [2.24, 2.45) is 29.2 Å². The van der Waals surface area contributed by atoms with Crippen LogP contribution < -0.4 is 123 Å². The van der Waals surface area contributed by atoms with Crippen LogP contribution in [0.4, 0.5) is 0 Å². The van der Waals surface area contributed by atoms with Crippen molar-refractivity contribution >= 4 is 183 Å². The van der Waals surface area contributed by atoms with E-state index in [9.17, 15) is 117 Å². The van der Waals surface area contributed by atoms with Crippen molar-refractivity contribution in [2.45, 2.75) is 310 Å². The zero-order valence-electron chi connectivity index (χ0n) is 84.0. The molecule has 4 aliphatic heterocycles. The molecule has 0 aliphatic carbocycles. The number of nitrogens with two attached hydrogens (primary N) is 2. The number of nitrogens with one attached hydrogen (secondary N) is 21. The molecule has 4 saturated heterocycles. The van der Waals surface area contributed by atoms with E-state index in [-0.39, 0.29) is 64.0 Å². The molecule has 0 aromatic rings. The van der Waals surface area contributed by atoms with Crippen LogP contribution in [0.3, 0.4) is 0 Å². The van der Waals surface area contributed by atoms with Crippen LogP contribution in [0, 0.1) is 17.8 Å². The minimum Gasteiger partial charge on any atom is -0.481 e. The molecule has 59 heteroatoms. The molecule has 0 saturated carbocycles. The lowest BCUT2D eigenvalue weighted by molar-refractivity contribution is -0.152. The van der Waals surface area contributed by atoms with Crippen molar-refractivity contribution < 1.29 is 156 Å². The van der Waals surface area contributed by atoms with Crippen LogP contribution >= 0.6 is 35.3 Å². The molecule has 4 rings (SSSR count). The van der Waals surface area contributed by atoms with E-state index in [1.165, 1.54) is 27.7 Å². The number of carbonyl (C=O) groups is 25. The van der Waals surface area contributed by atoms with Gasteiger partial charge in [-0.15, -0.1) is 0 Å². The third kappa shape index (κ3) is 39.1. The number of unbranched alkanes of at least 4 members (excludes halogenated alkanes) is 1. The summed E-state index contributed by atoms with van der Waals surface area (Å²) in [5.74, 6) is -38.4. The summed E-state index contributed by atoms with van der Waals surface area (Å²) in [4.78, 5) is 359. The fraction of sp³-hybridized carbons (Fsp3) is 0.693.